The summed E-state index contributed by atoms with van der Waals surface area (Å²) in [6.07, 6.45) is 3.19. The fraction of sp³-hybridized carbons (Fsp3) is 0.900. The van der Waals surface area contributed by atoms with Crippen molar-refractivity contribution in [2.45, 2.75) is 25.7 Å². The van der Waals surface area contributed by atoms with Crippen LogP contribution in [0, 0.1) is 5.41 Å². The molecule has 0 unspecified atom stereocenters. The van der Waals surface area contributed by atoms with Gasteiger partial charge in [-0.25, -0.2) is 0 Å². The van der Waals surface area contributed by atoms with Gasteiger partial charge in [-0.15, -0.1) is 0 Å². The lowest BCUT2D eigenvalue weighted by molar-refractivity contribution is -0.124. The van der Waals surface area contributed by atoms with Crippen LogP contribution >= 0.6 is 0 Å². The minimum absolute atomic E-state index is 0.0947. The monoisotopic (exact) mass is 186 g/mol. The number of rotatable bonds is 4. The van der Waals surface area contributed by atoms with Crippen LogP contribution in [0.5, 0.6) is 0 Å². The molecule has 0 saturated heterocycles. The zero-order valence-corrected chi connectivity index (χ0v) is 8.47. The molecule has 0 N–H and O–H groups in total. The standard InChI is InChI=1S/C10H18O3/c1-12-7-10(8-13-2)5-3-9(11)4-6-10/h3-8H2,1-2H3. The lowest BCUT2D eigenvalue weighted by Crippen LogP contribution is -2.36. The molecule has 1 aliphatic rings. The fourth-order valence-corrected chi connectivity index (χ4v) is 2.00. The van der Waals surface area contributed by atoms with E-state index >= 15 is 0 Å². The Kier molecular flexibility index (Phi) is 3.88. The number of ketones is 1. The number of methoxy groups -OCH3 is 2. The molecule has 3 nitrogen and oxygen atoms in total. The van der Waals surface area contributed by atoms with Crippen LogP contribution in [0.4, 0.5) is 0 Å². The quantitative estimate of drug-likeness (QED) is 0.666. The van der Waals surface area contributed by atoms with Gasteiger partial charge in [0.25, 0.3) is 0 Å². The maximum atomic E-state index is 11.1. The lowest BCUT2D eigenvalue weighted by Gasteiger charge is -2.35. The Morgan fingerprint density at radius 1 is 1.15 bits per heavy atom. The molecule has 0 aliphatic heterocycles. The number of hydrogen-bond acceptors (Lipinski definition) is 3. The zero-order valence-electron chi connectivity index (χ0n) is 8.47. The van der Waals surface area contributed by atoms with Crippen LogP contribution in [0.2, 0.25) is 0 Å². The van der Waals surface area contributed by atoms with Crippen molar-refractivity contribution in [1.29, 1.82) is 0 Å². The molecule has 1 rings (SSSR count). The molecule has 0 amide bonds. The fourth-order valence-electron chi connectivity index (χ4n) is 2.00. The summed E-state index contributed by atoms with van der Waals surface area (Å²) >= 11 is 0. The first-order chi connectivity index (χ1) is 6.22. The second-order valence-corrected chi connectivity index (χ2v) is 3.90. The molecule has 0 aromatic heterocycles. The Morgan fingerprint density at radius 3 is 2.00 bits per heavy atom. The Morgan fingerprint density at radius 2 is 1.62 bits per heavy atom. The number of hydrogen-bond donors (Lipinski definition) is 0. The first-order valence-corrected chi connectivity index (χ1v) is 4.72. The van der Waals surface area contributed by atoms with Crippen LogP contribution in [-0.4, -0.2) is 33.2 Å². The van der Waals surface area contributed by atoms with E-state index in [1.165, 1.54) is 0 Å². The molecule has 0 atom stereocenters. The van der Waals surface area contributed by atoms with Gasteiger partial charge < -0.3 is 9.47 Å². The average molecular weight is 186 g/mol. The van der Waals surface area contributed by atoms with Gasteiger partial charge in [0.2, 0.25) is 0 Å². The first-order valence-electron chi connectivity index (χ1n) is 4.72. The summed E-state index contributed by atoms with van der Waals surface area (Å²) in [6.45, 7) is 1.40. The topological polar surface area (TPSA) is 35.5 Å². The van der Waals surface area contributed by atoms with E-state index in [0.717, 1.165) is 12.8 Å². The summed E-state index contributed by atoms with van der Waals surface area (Å²) in [7, 11) is 3.40. The molecular weight excluding hydrogens is 168 g/mol. The van der Waals surface area contributed by atoms with E-state index in [0.29, 0.717) is 31.8 Å². The number of carbonyl (C=O) groups is 1. The van der Waals surface area contributed by atoms with E-state index in [2.05, 4.69) is 0 Å². The third-order valence-corrected chi connectivity index (χ3v) is 2.77. The summed E-state index contributed by atoms with van der Waals surface area (Å²) in [5.74, 6) is 0.378. The number of Topliss-reactive ketones (excluding diaryl/α,β-unsaturated/α-hetero) is 1. The van der Waals surface area contributed by atoms with E-state index in [-0.39, 0.29) is 5.41 Å². The summed E-state index contributed by atoms with van der Waals surface area (Å²) in [4.78, 5) is 11.1. The van der Waals surface area contributed by atoms with Crippen molar-refractivity contribution in [3.05, 3.63) is 0 Å². The molecule has 1 aliphatic carbocycles. The highest BCUT2D eigenvalue weighted by molar-refractivity contribution is 5.79. The second kappa shape index (κ2) is 4.72. The maximum absolute atomic E-state index is 11.1. The molecule has 1 saturated carbocycles. The summed E-state index contributed by atoms with van der Waals surface area (Å²) < 4.78 is 10.4. The molecule has 0 radical (unpaired) electrons. The molecular formula is C10H18O3. The SMILES string of the molecule is COCC1(COC)CCC(=O)CC1. The highest BCUT2D eigenvalue weighted by atomic mass is 16.5. The van der Waals surface area contributed by atoms with Crippen LogP contribution in [0.1, 0.15) is 25.7 Å². The Labute approximate surface area is 79.4 Å². The second-order valence-electron chi connectivity index (χ2n) is 3.90. The van der Waals surface area contributed by atoms with Crippen LogP contribution in [0.25, 0.3) is 0 Å². The maximum Gasteiger partial charge on any atom is 0.132 e. The van der Waals surface area contributed by atoms with E-state index in [9.17, 15) is 4.79 Å². The van der Waals surface area contributed by atoms with Gasteiger partial charge in [0, 0.05) is 32.5 Å². The van der Waals surface area contributed by atoms with Crippen LogP contribution in [0.3, 0.4) is 0 Å². The van der Waals surface area contributed by atoms with Crippen molar-refractivity contribution in [2.75, 3.05) is 27.4 Å². The highest BCUT2D eigenvalue weighted by Gasteiger charge is 2.34. The first kappa shape index (κ1) is 10.7. The Balaban J connectivity index is 2.51. The number of ether oxygens (including phenoxy) is 2. The van der Waals surface area contributed by atoms with E-state index in [1.54, 1.807) is 14.2 Å². The van der Waals surface area contributed by atoms with E-state index < -0.39 is 0 Å². The van der Waals surface area contributed by atoms with E-state index in [4.69, 9.17) is 9.47 Å². The van der Waals surface area contributed by atoms with Gasteiger partial charge in [0.15, 0.2) is 0 Å². The van der Waals surface area contributed by atoms with Crippen LogP contribution in [0.15, 0.2) is 0 Å². The molecule has 13 heavy (non-hydrogen) atoms. The van der Waals surface area contributed by atoms with E-state index in [1.807, 2.05) is 0 Å². The van der Waals surface area contributed by atoms with Crippen molar-refractivity contribution in [3.8, 4) is 0 Å². The molecule has 3 heteroatoms. The molecule has 0 spiro atoms. The smallest absolute Gasteiger partial charge is 0.132 e. The molecule has 0 aromatic carbocycles. The molecule has 76 valence electrons. The predicted molar refractivity (Wildman–Crippen MR) is 49.7 cm³/mol. The predicted octanol–water partition coefficient (Wildman–Crippen LogP) is 1.41. The largest absolute Gasteiger partial charge is 0.384 e. The summed E-state index contributed by atoms with van der Waals surface area (Å²) in [5, 5.41) is 0. The normalized spacial score (nSPS) is 21.8. The molecule has 0 heterocycles. The van der Waals surface area contributed by atoms with Gasteiger partial charge in [-0.1, -0.05) is 0 Å². The molecule has 1 fully saturated rings. The Bertz CT molecular complexity index is 159. The third kappa shape index (κ3) is 2.78. The van der Waals surface area contributed by atoms with Gasteiger partial charge in [0.05, 0.1) is 13.2 Å². The van der Waals surface area contributed by atoms with Crippen LogP contribution < -0.4 is 0 Å². The van der Waals surface area contributed by atoms with Crippen molar-refractivity contribution < 1.29 is 14.3 Å². The van der Waals surface area contributed by atoms with Crippen molar-refractivity contribution >= 4 is 5.78 Å². The minimum atomic E-state index is 0.0947. The summed E-state index contributed by atoms with van der Waals surface area (Å²) in [5.41, 5.74) is 0.0947. The average Bonchev–Trinajstić information content (AvgIpc) is 2.11. The molecule has 0 aromatic rings. The Hall–Kier alpha value is -0.410. The van der Waals surface area contributed by atoms with Crippen molar-refractivity contribution in [2.24, 2.45) is 5.41 Å². The van der Waals surface area contributed by atoms with Gasteiger partial charge in [-0.2, -0.15) is 0 Å². The minimum Gasteiger partial charge on any atom is -0.384 e. The number of carbonyl (C=O) groups excluding carboxylic acids is 1. The third-order valence-electron chi connectivity index (χ3n) is 2.77. The van der Waals surface area contributed by atoms with Gasteiger partial charge in [0.1, 0.15) is 5.78 Å². The summed E-state index contributed by atoms with van der Waals surface area (Å²) in [6, 6.07) is 0. The lowest BCUT2D eigenvalue weighted by atomic mass is 9.75. The van der Waals surface area contributed by atoms with Crippen LogP contribution in [-0.2, 0) is 14.3 Å². The highest BCUT2D eigenvalue weighted by Crippen LogP contribution is 2.35. The van der Waals surface area contributed by atoms with Gasteiger partial charge in [-0.3, -0.25) is 4.79 Å². The van der Waals surface area contributed by atoms with Crippen molar-refractivity contribution in [1.82, 2.24) is 0 Å². The molecule has 0 bridgehead atoms. The van der Waals surface area contributed by atoms with Gasteiger partial charge in [-0.05, 0) is 12.8 Å². The van der Waals surface area contributed by atoms with Crippen molar-refractivity contribution in [3.63, 3.8) is 0 Å². The van der Waals surface area contributed by atoms with Gasteiger partial charge >= 0.3 is 0 Å². The zero-order chi connectivity index (χ0) is 9.73.